The molecule has 0 radical (unpaired) electrons. The van der Waals surface area contributed by atoms with Gasteiger partial charge >= 0.3 is 0 Å². The lowest BCUT2D eigenvalue weighted by Crippen LogP contribution is -1.74. The summed E-state index contributed by atoms with van der Waals surface area (Å²) >= 11 is 3.78. The molecule has 0 nitrogen and oxygen atoms in total. The van der Waals surface area contributed by atoms with Crippen LogP contribution >= 0.6 is 23.5 Å². The lowest BCUT2D eigenvalue weighted by molar-refractivity contribution is 1.79. The molecule has 0 aromatic carbocycles. The minimum atomic E-state index is 1.06. The van der Waals surface area contributed by atoms with Gasteiger partial charge in [-0.25, -0.2) is 0 Å². The van der Waals surface area contributed by atoms with Gasteiger partial charge in [0, 0.05) is 16.6 Å². The van der Waals surface area contributed by atoms with Crippen LogP contribution < -0.4 is 0 Å². The molecule has 2 heteroatoms. The Morgan fingerprint density at radius 2 is 1.44 bits per heavy atom. The summed E-state index contributed by atoms with van der Waals surface area (Å²) in [6.07, 6.45) is 3.86. The van der Waals surface area contributed by atoms with Gasteiger partial charge in [-0.3, -0.25) is 0 Å². The first-order valence-electron chi connectivity index (χ1n) is 2.79. The third kappa shape index (κ3) is 8.18. The SMILES string of the molecule is C=CCSCSCC=C. The van der Waals surface area contributed by atoms with Crippen LogP contribution in [0, 0.1) is 0 Å². The second kappa shape index (κ2) is 8.18. The zero-order chi connectivity index (χ0) is 6.95. The van der Waals surface area contributed by atoms with E-state index >= 15 is 0 Å². The molecule has 0 N–H and O–H groups in total. The molecule has 9 heavy (non-hydrogen) atoms. The molecule has 0 rings (SSSR count). The highest BCUT2D eigenvalue weighted by Gasteiger charge is 1.82. The lowest BCUT2D eigenvalue weighted by atomic mass is 10.8. The van der Waals surface area contributed by atoms with Crippen molar-refractivity contribution < 1.29 is 0 Å². The summed E-state index contributed by atoms with van der Waals surface area (Å²) in [7, 11) is 0. The first-order chi connectivity index (χ1) is 4.41. The molecular formula is C7H12S2. The van der Waals surface area contributed by atoms with Crippen LogP contribution in [0.25, 0.3) is 0 Å². The van der Waals surface area contributed by atoms with Gasteiger partial charge in [-0.1, -0.05) is 12.2 Å². The normalized spacial score (nSPS) is 8.89. The van der Waals surface area contributed by atoms with Gasteiger partial charge < -0.3 is 0 Å². The summed E-state index contributed by atoms with van der Waals surface area (Å²) in [6, 6.07) is 0. The molecule has 0 saturated carbocycles. The van der Waals surface area contributed by atoms with E-state index < -0.39 is 0 Å². The average Bonchev–Trinajstić information content (AvgIpc) is 1.89. The van der Waals surface area contributed by atoms with E-state index in [0.29, 0.717) is 0 Å². The van der Waals surface area contributed by atoms with E-state index in [0.717, 1.165) is 16.6 Å². The lowest BCUT2D eigenvalue weighted by Gasteiger charge is -1.93. The molecule has 0 fully saturated rings. The van der Waals surface area contributed by atoms with Crippen LogP contribution in [-0.2, 0) is 0 Å². The molecule has 0 aromatic heterocycles. The molecule has 52 valence electrons. The van der Waals surface area contributed by atoms with Crippen molar-refractivity contribution in [1.82, 2.24) is 0 Å². The maximum absolute atomic E-state index is 3.63. The summed E-state index contributed by atoms with van der Waals surface area (Å²) in [5.74, 6) is 2.12. The van der Waals surface area contributed by atoms with E-state index in [1.807, 2.05) is 35.7 Å². The highest BCUT2D eigenvalue weighted by Crippen LogP contribution is 2.10. The van der Waals surface area contributed by atoms with Gasteiger partial charge in [0.15, 0.2) is 0 Å². The Hall–Kier alpha value is 0.180. The van der Waals surface area contributed by atoms with Crippen molar-refractivity contribution in [2.75, 3.05) is 16.6 Å². The molecular weight excluding hydrogens is 148 g/mol. The smallest absolute Gasteiger partial charge is 0.0398 e. The molecule has 0 aliphatic heterocycles. The summed E-state index contributed by atoms with van der Waals surface area (Å²) in [5, 5.41) is 1.15. The fraction of sp³-hybridized carbons (Fsp3) is 0.429. The number of hydrogen-bond donors (Lipinski definition) is 0. The first kappa shape index (κ1) is 9.18. The number of rotatable bonds is 6. The van der Waals surface area contributed by atoms with Crippen molar-refractivity contribution in [2.45, 2.75) is 0 Å². The number of thioether (sulfide) groups is 2. The molecule has 0 aliphatic rings. The molecule has 0 aliphatic carbocycles. The van der Waals surface area contributed by atoms with Gasteiger partial charge in [-0.05, 0) is 0 Å². The van der Waals surface area contributed by atoms with Crippen molar-refractivity contribution in [3.05, 3.63) is 25.3 Å². The largest absolute Gasteiger partial charge is 0.147 e. The zero-order valence-electron chi connectivity index (χ0n) is 5.51. The molecule has 0 aromatic rings. The van der Waals surface area contributed by atoms with Crippen molar-refractivity contribution >= 4 is 23.5 Å². The van der Waals surface area contributed by atoms with Gasteiger partial charge in [0.1, 0.15) is 0 Å². The van der Waals surface area contributed by atoms with Gasteiger partial charge in [0.2, 0.25) is 0 Å². The van der Waals surface area contributed by atoms with Crippen LogP contribution in [-0.4, -0.2) is 16.6 Å². The molecule has 0 unspecified atom stereocenters. The Balaban J connectivity index is 2.74. The summed E-state index contributed by atoms with van der Waals surface area (Å²) in [5.41, 5.74) is 0. The van der Waals surface area contributed by atoms with E-state index in [1.165, 1.54) is 0 Å². The molecule has 0 heterocycles. The van der Waals surface area contributed by atoms with Crippen molar-refractivity contribution in [3.63, 3.8) is 0 Å². The fourth-order valence-corrected chi connectivity index (χ4v) is 1.90. The Morgan fingerprint density at radius 3 is 1.78 bits per heavy atom. The predicted octanol–water partition coefficient (Wildman–Crippen LogP) is 2.78. The third-order valence-electron chi connectivity index (χ3n) is 0.638. The second-order valence-electron chi connectivity index (χ2n) is 1.44. The van der Waals surface area contributed by atoms with Crippen molar-refractivity contribution in [2.24, 2.45) is 0 Å². The van der Waals surface area contributed by atoms with E-state index in [4.69, 9.17) is 0 Å². The van der Waals surface area contributed by atoms with Crippen LogP contribution in [0.1, 0.15) is 0 Å². The maximum Gasteiger partial charge on any atom is 0.0398 e. The van der Waals surface area contributed by atoms with Gasteiger partial charge in [0.05, 0.1) is 0 Å². The first-order valence-corrected chi connectivity index (χ1v) is 5.10. The van der Waals surface area contributed by atoms with Gasteiger partial charge in [-0.15, -0.1) is 36.7 Å². The van der Waals surface area contributed by atoms with Crippen molar-refractivity contribution in [3.8, 4) is 0 Å². The highest BCUT2D eigenvalue weighted by molar-refractivity contribution is 8.16. The van der Waals surface area contributed by atoms with Crippen LogP contribution in [0.3, 0.4) is 0 Å². The Labute approximate surface area is 65.8 Å². The monoisotopic (exact) mass is 160 g/mol. The predicted molar refractivity (Wildman–Crippen MR) is 50.2 cm³/mol. The van der Waals surface area contributed by atoms with Crippen LogP contribution in [0.4, 0.5) is 0 Å². The van der Waals surface area contributed by atoms with Gasteiger partial charge in [0.25, 0.3) is 0 Å². The quantitative estimate of drug-likeness (QED) is 0.333. The third-order valence-corrected chi connectivity index (χ3v) is 2.91. The topological polar surface area (TPSA) is 0 Å². The molecule has 0 saturated heterocycles. The van der Waals surface area contributed by atoms with E-state index in [2.05, 4.69) is 13.2 Å². The minimum Gasteiger partial charge on any atom is -0.147 e. The number of hydrogen-bond acceptors (Lipinski definition) is 2. The average molecular weight is 160 g/mol. The molecule has 0 atom stereocenters. The van der Waals surface area contributed by atoms with Gasteiger partial charge in [-0.2, -0.15) is 0 Å². The van der Waals surface area contributed by atoms with E-state index in [-0.39, 0.29) is 0 Å². The summed E-state index contributed by atoms with van der Waals surface area (Å²) in [4.78, 5) is 0. The Kier molecular flexibility index (Phi) is 8.34. The summed E-state index contributed by atoms with van der Waals surface area (Å²) < 4.78 is 0. The maximum atomic E-state index is 3.63. The van der Waals surface area contributed by atoms with Crippen LogP contribution in [0.15, 0.2) is 25.3 Å². The van der Waals surface area contributed by atoms with Crippen LogP contribution in [0.5, 0.6) is 0 Å². The second-order valence-corrected chi connectivity index (χ2v) is 3.86. The minimum absolute atomic E-state index is 1.06. The van der Waals surface area contributed by atoms with E-state index in [9.17, 15) is 0 Å². The Bertz CT molecular complexity index is 69.0. The van der Waals surface area contributed by atoms with Crippen LogP contribution in [0.2, 0.25) is 0 Å². The fourth-order valence-electron chi connectivity index (χ4n) is 0.322. The summed E-state index contributed by atoms with van der Waals surface area (Å²) in [6.45, 7) is 7.26. The Morgan fingerprint density at radius 1 is 1.00 bits per heavy atom. The molecule has 0 spiro atoms. The standard InChI is InChI=1S/C7H12S2/c1-3-5-8-7-9-6-4-2/h3-4H,1-2,5-7H2. The zero-order valence-corrected chi connectivity index (χ0v) is 7.14. The highest BCUT2D eigenvalue weighted by atomic mass is 32.2. The molecule has 0 bridgehead atoms. The van der Waals surface area contributed by atoms with Crippen molar-refractivity contribution in [1.29, 1.82) is 0 Å². The molecule has 0 amide bonds. The van der Waals surface area contributed by atoms with E-state index in [1.54, 1.807) is 0 Å².